The Balaban J connectivity index is 0.964. The largest absolute Gasteiger partial charge is 0.396 e. The molecule has 3 spiro atoms. The van der Waals surface area contributed by atoms with Crippen molar-refractivity contribution in [3.8, 4) is 0 Å². The molecule has 14 heteroatoms. The molecule has 0 amide bonds. The number of aryl methyl sites for hydroxylation is 4. The Labute approximate surface area is 767 Å². The summed E-state index contributed by atoms with van der Waals surface area (Å²) in [6.45, 7) is 16.2. The summed E-state index contributed by atoms with van der Waals surface area (Å²) in [5, 5.41) is 24.2. The number of rotatable bonds is 76. The molecule has 4 atom stereocenters. The molecule has 12 rings (SSSR count). The van der Waals surface area contributed by atoms with Gasteiger partial charge in [0.2, 0.25) is 17.0 Å². The van der Waals surface area contributed by atoms with Crippen molar-refractivity contribution < 1.29 is 56.3 Å². The molecule has 5 bridgehead atoms. The van der Waals surface area contributed by atoms with Crippen molar-refractivity contribution in [2.75, 3.05) is 13.2 Å². The molecule has 4 aromatic rings. The van der Waals surface area contributed by atoms with Crippen LogP contribution >= 0.6 is 17.2 Å². The minimum absolute atomic E-state index is 0.354. The number of aliphatic hydroxyl groups excluding tert-OH is 2. The van der Waals surface area contributed by atoms with Crippen LogP contribution in [0.5, 0.6) is 0 Å². The zero-order chi connectivity index (χ0) is 88.2. The summed E-state index contributed by atoms with van der Waals surface area (Å²) in [6.07, 6.45) is 88.4. The minimum Gasteiger partial charge on any atom is -0.396 e. The standard InChI is InChI=1S/C111H182O12P2/c1-9-13-17-21-25-29-33-37-41-45-49-53-57-61-65-69-73-95-77-85-99(86-78-95)105(100-87-79-96(80-88-100)74-70-66-62-58-54-50-46-42-38-34-30-26-22-18-14-10-2)108-107(118-124-120-110(108,121-124)116-109(104(7,8)94-113)117-111(108)122-125(119-109)123-111,102-91-83-98(84-92-102)76-72-68-64-60-56-52-48-44-40-36-32-28-24-20-16-12-4)115-106(114-105,103(5,6)93-112)101-89-81-97(82-90-101)75-71-67-63-59-55-51-47-43-39-35-31-27-23-19-15-11-3/h77-92,112-113H,9-76,93-94H2,1-8H3. The molecule has 12 nitrogen and oxygen atoms in total. The van der Waals surface area contributed by atoms with Crippen LogP contribution in [0.4, 0.5) is 0 Å². The minimum atomic E-state index is -2.30. The predicted octanol–water partition coefficient (Wildman–Crippen LogP) is 34.5. The van der Waals surface area contributed by atoms with Crippen molar-refractivity contribution in [3.05, 3.63) is 142 Å². The van der Waals surface area contributed by atoms with E-state index in [9.17, 15) is 10.2 Å². The fraction of sp³-hybridized carbons (Fsp3) is 0.784. The topological polar surface area (TPSA) is 133 Å². The van der Waals surface area contributed by atoms with Gasteiger partial charge in [-0.1, -0.05) is 524 Å². The highest BCUT2D eigenvalue weighted by Gasteiger charge is 3.05. The van der Waals surface area contributed by atoms with Crippen molar-refractivity contribution in [2.24, 2.45) is 16.2 Å². The Kier molecular flexibility index (Phi) is 46.6. The van der Waals surface area contributed by atoms with E-state index in [1.165, 1.54) is 388 Å². The van der Waals surface area contributed by atoms with Crippen LogP contribution in [-0.2, 0) is 88.9 Å². The molecule has 4 unspecified atom stereocenters. The van der Waals surface area contributed by atoms with Crippen LogP contribution in [0.2, 0.25) is 0 Å². The van der Waals surface area contributed by atoms with Gasteiger partial charge in [0, 0.05) is 16.5 Å². The monoisotopic (exact) mass is 1770 g/mol. The average Bonchev–Trinajstić information content (AvgIpc) is 0.601. The van der Waals surface area contributed by atoms with Gasteiger partial charge in [0.15, 0.2) is 0 Å². The highest BCUT2D eigenvalue weighted by molar-refractivity contribution is 7.43. The van der Waals surface area contributed by atoms with E-state index in [-0.39, 0.29) is 6.61 Å². The van der Waals surface area contributed by atoms with Gasteiger partial charge in [-0.25, -0.2) is 0 Å². The summed E-state index contributed by atoms with van der Waals surface area (Å²) in [6, 6.07) is 35.4. The van der Waals surface area contributed by atoms with Crippen molar-refractivity contribution in [1.82, 2.24) is 0 Å². The molecule has 8 heterocycles. The number of unbranched alkanes of at least 4 members (excludes halogenated alkanes) is 60. The quantitative estimate of drug-likeness (QED) is 0.0322. The van der Waals surface area contributed by atoms with E-state index in [2.05, 4.69) is 125 Å². The Morgan fingerprint density at radius 2 is 0.448 bits per heavy atom. The Hall–Kier alpha value is -2.74. The van der Waals surface area contributed by atoms with E-state index < -0.39 is 75.2 Å². The smallest absolute Gasteiger partial charge is 0.346 e. The van der Waals surface area contributed by atoms with Crippen LogP contribution in [0.25, 0.3) is 0 Å². The maximum absolute atomic E-state index is 12.6. The van der Waals surface area contributed by atoms with Crippen molar-refractivity contribution >= 4 is 17.2 Å². The van der Waals surface area contributed by atoms with Gasteiger partial charge < -0.3 is 19.7 Å². The van der Waals surface area contributed by atoms with Crippen LogP contribution < -0.4 is 0 Å². The normalized spacial score (nSPS) is 23.5. The fourth-order valence-corrected chi connectivity index (χ4v) is 23.7. The molecule has 708 valence electrons. The molecule has 0 saturated carbocycles. The Morgan fingerprint density at radius 3 is 0.688 bits per heavy atom. The summed E-state index contributed by atoms with van der Waals surface area (Å²) in [5.41, 5.74) is 0.897. The van der Waals surface area contributed by atoms with Crippen LogP contribution in [0.3, 0.4) is 0 Å². The van der Waals surface area contributed by atoms with Gasteiger partial charge >= 0.3 is 35.1 Å². The summed E-state index contributed by atoms with van der Waals surface area (Å²) in [4.78, 5) is 0. The number of ether oxygens (including phenoxy) is 4. The van der Waals surface area contributed by atoms with Gasteiger partial charge in [0.1, 0.15) is 5.60 Å². The zero-order valence-corrected chi connectivity index (χ0v) is 82.9. The molecule has 0 aromatic heterocycles. The van der Waals surface area contributed by atoms with Crippen LogP contribution in [0.1, 0.15) is 511 Å². The Bertz CT molecular complexity index is 3380. The first-order valence-electron chi connectivity index (χ1n) is 53.3. The van der Waals surface area contributed by atoms with E-state index in [4.69, 9.17) is 46.1 Å². The van der Waals surface area contributed by atoms with Gasteiger partial charge in [-0.05, 0) is 98.6 Å². The van der Waals surface area contributed by atoms with Crippen LogP contribution in [0, 0.1) is 16.2 Å². The fourth-order valence-electron chi connectivity index (χ4n) is 21.1. The van der Waals surface area contributed by atoms with Crippen molar-refractivity contribution in [3.63, 3.8) is 0 Å². The first kappa shape index (κ1) is 104. The second-order valence-corrected chi connectivity index (χ2v) is 42.8. The maximum atomic E-state index is 12.6. The first-order valence-corrected chi connectivity index (χ1v) is 55.5. The SMILES string of the molecule is CCCCCCCCCCCCCCCCCCc1ccc(C2(C(C)(C)CO)OC3(c4ccc(CCCCCCCCCCCCCCCCCC)cc4)OP4OC5(O4)OC4(C(C)(C)CO)OP6OC(O6)(O4)C53C(c3ccc(CCCCCCCCCCCCCCCCCC)cc3)(c3ccc(CCCCCCCCCCCCCCCCCC)cc3)O2)cc1. The second-order valence-electron chi connectivity index (χ2n) is 40.8. The van der Waals surface area contributed by atoms with Crippen LogP contribution in [-0.4, -0.2) is 41.3 Å². The van der Waals surface area contributed by atoms with E-state index in [1.807, 2.05) is 27.7 Å². The zero-order valence-electron chi connectivity index (χ0n) is 81.1. The van der Waals surface area contributed by atoms with Gasteiger partial charge in [0.25, 0.3) is 0 Å². The second kappa shape index (κ2) is 55.8. The lowest BCUT2D eigenvalue weighted by atomic mass is 9.53. The molecular weight excluding hydrogens is 1590 g/mol. The number of hydrogen-bond acceptors (Lipinski definition) is 12. The lowest BCUT2D eigenvalue weighted by Gasteiger charge is -2.82. The molecule has 8 fully saturated rings. The molecule has 125 heavy (non-hydrogen) atoms. The molecule has 0 aliphatic carbocycles. The van der Waals surface area contributed by atoms with E-state index in [0.717, 1.165) is 70.6 Å². The lowest BCUT2D eigenvalue weighted by Crippen LogP contribution is -2.95. The molecular formula is C111H182O12P2. The van der Waals surface area contributed by atoms with Crippen molar-refractivity contribution in [1.29, 1.82) is 0 Å². The molecule has 8 aliphatic heterocycles. The Morgan fingerprint density at radius 1 is 0.232 bits per heavy atom. The molecule has 2 N–H and O–H groups in total. The van der Waals surface area contributed by atoms with E-state index in [0.29, 0.717) is 22.3 Å². The van der Waals surface area contributed by atoms with Gasteiger partial charge in [-0.2, -0.15) is 0 Å². The highest BCUT2D eigenvalue weighted by Crippen LogP contribution is 2.93. The molecule has 8 aliphatic rings. The van der Waals surface area contributed by atoms with E-state index >= 15 is 0 Å². The molecule has 4 aromatic carbocycles. The number of aliphatic hydroxyl groups is 2. The summed E-state index contributed by atoms with van der Waals surface area (Å²) >= 11 is 0. The average molecular weight is 1770 g/mol. The highest BCUT2D eigenvalue weighted by atomic mass is 31.2. The molecule has 0 radical (unpaired) electrons. The number of hydrogen-bond donors (Lipinski definition) is 2. The third-order valence-corrected chi connectivity index (χ3v) is 31.8. The van der Waals surface area contributed by atoms with Gasteiger partial charge in [-0.3, -0.25) is 36.6 Å². The first-order chi connectivity index (χ1) is 61.2. The third-order valence-electron chi connectivity index (χ3n) is 29.4. The van der Waals surface area contributed by atoms with Gasteiger partial charge in [-0.15, -0.1) is 0 Å². The summed E-state index contributed by atoms with van der Waals surface area (Å²) < 4.78 is 76.7. The third kappa shape index (κ3) is 28.2. The summed E-state index contributed by atoms with van der Waals surface area (Å²) in [5.74, 6) is -10.6. The van der Waals surface area contributed by atoms with Crippen molar-refractivity contribution in [2.45, 2.75) is 527 Å². The maximum Gasteiger partial charge on any atom is 0.346 e. The molecule has 8 saturated heterocycles. The van der Waals surface area contributed by atoms with Crippen LogP contribution in [0.15, 0.2) is 97.1 Å². The lowest BCUT2D eigenvalue weighted by molar-refractivity contribution is -0.736. The number of benzene rings is 4. The summed E-state index contributed by atoms with van der Waals surface area (Å²) in [7, 11) is -4.52. The predicted molar refractivity (Wildman–Crippen MR) is 520 cm³/mol. The van der Waals surface area contributed by atoms with Gasteiger partial charge in [0.05, 0.1) is 18.6 Å². The van der Waals surface area contributed by atoms with E-state index in [1.54, 1.807) is 0 Å².